The molecule has 7 heteroatoms. The number of aromatic nitrogens is 2. The SMILES string of the molecule is Cc1cc(C(=O)N2CCC3(CC2)CN(C(=O)OC(C)(C)C)C3)cc2cn[nH]c12. The highest BCUT2D eigenvalue weighted by molar-refractivity contribution is 5.98. The van der Waals surface area contributed by atoms with E-state index in [1.54, 1.807) is 11.1 Å². The Bertz CT molecular complexity index is 911. The van der Waals surface area contributed by atoms with Crippen molar-refractivity contribution in [1.29, 1.82) is 0 Å². The number of fused-ring (bicyclic) bond motifs is 1. The monoisotopic (exact) mass is 384 g/mol. The second-order valence-electron chi connectivity index (χ2n) is 9.26. The van der Waals surface area contributed by atoms with E-state index in [-0.39, 0.29) is 17.4 Å². The molecule has 1 N–H and O–H groups in total. The molecule has 2 aromatic rings. The minimum absolute atomic E-state index is 0.0735. The van der Waals surface area contributed by atoms with Crippen LogP contribution in [0.2, 0.25) is 0 Å². The van der Waals surface area contributed by atoms with Crippen LogP contribution in [-0.4, -0.2) is 63.8 Å². The van der Waals surface area contributed by atoms with Crippen LogP contribution in [0, 0.1) is 12.3 Å². The normalized spacial score (nSPS) is 19.0. The molecule has 2 aliphatic heterocycles. The highest BCUT2D eigenvalue weighted by Crippen LogP contribution is 2.41. The van der Waals surface area contributed by atoms with E-state index in [9.17, 15) is 9.59 Å². The van der Waals surface area contributed by atoms with E-state index in [0.717, 1.165) is 55.5 Å². The zero-order valence-corrected chi connectivity index (χ0v) is 17.0. The molecule has 150 valence electrons. The molecule has 0 saturated carbocycles. The number of piperidine rings is 1. The maximum absolute atomic E-state index is 13.0. The van der Waals surface area contributed by atoms with Crippen LogP contribution in [0.3, 0.4) is 0 Å². The lowest BCUT2D eigenvalue weighted by Gasteiger charge is -2.53. The molecule has 1 aromatic heterocycles. The summed E-state index contributed by atoms with van der Waals surface area (Å²) in [6, 6.07) is 3.84. The lowest BCUT2D eigenvalue weighted by molar-refractivity contribution is -0.0563. The molecule has 7 nitrogen and oxygen atoms in total. The van der Waals surface area contributed by atoms with Crippen LogP contribution in [-0.2, 0) is 4.74 Å². The number of likely N-dealkylation sites (tertiary alicyclic amines) is 2. The predicted octanol–water partition coefficient (Wildman–Crippen LogP) is 3.34. The summed E-state index contributed by atoms with van der Waals surface area (Å²) in [5, 5.41) is 8.00. The van der Waals surface area contributed by atoms with Crippen LogP contribution in [0.5, 0.6) is 0 Å². The number of nitrogens with zero attached hydrogens (tertiary/aromatic N) is 3. The van der Waals surface area contributed by atoms with Crippen molar-refractivity contribution in [3.8, 4) is 0 Å². The largest absolute Gasteiger partial charge is 0.444 e. The number of benzene rings is 1. The first-order valence-electron chi connectivity index (χ1n) is 9.87. The Kier molecular flexibility index (Phi) is 4.36. The number of ether oxygens (including phenoxy) is 1. The highest BCUT2D eigenvalue weighted by atomic mass is 16.6. The molecule has 0 atom stereocenters. The Morgan fingerprint density at radius 3 is 2.46 bits per heavy atom. The molecule has 2 aliphatic rings. The summed E-state index contributed by atoms with van der Waals surface area (Å²) in [6.07, 6.45) is 3.36. The van der Waals surface area contributed by atoms with Crippen LogP contribution < -0.4 is 0 Å². The third-order valence-corrected chi connectivity index (χ3v) is 5.81. The maximum Gasteiger partial charge on any atom is 0.410 e. The second-order valence-corrected chi connectivity index (χ2v) is 9.26. The van der Waals surface area contributed by atoms with Crippen LogP contribution in [0.4, 0.5) is 4.79 Å². The van der Waals surface area contributed by atoms with E-state index in [1.165, 1.54) is 0 Å². The number of carbonyl (C=O) groups is 2. The van der Waals surface area contributed by atoms with Crippen molar-refractivity contribution in [3.05, 3.63) is 29.5 Å². The third kappa shape index (κ3) is 3.45. The Hall–Kier alpha value is -2.57. The van der Waals surface area contributed by atoms with Crippen molar-refractivity contribution in [2.75, 3.05) is 26.2 Å². The molecule has 0 bridgehead atoms. The third-order valence-electron chi connectivity index (χ3n) is 5.81. The number of hydrogen-bond acceptors (Lipinski definition) is 4. The molecule has 1 aromatic carbocycles. The van der Waals surface area contributed by atoms with Crippen LogP contribution in [0.1, 0.15) is 49.5 Å². The fourth-order valence-corrected chi connectivity index (χ4v) is 4.26. The number of amides is 2. The van der Waals surface area contributed by atoms with Crippen molar-refractivity contribution in [3.63, 3.8) is 0 Å². The molecule has 28 heavy (non-hydrogen) atoms. The average Bonchev–Trinajstić information content (AvgIpc) is 3.07. The van der Waals surface area contributed by atoms with Crippen LogP contribution >= 0.6 is 0 Å². The van der Waals surface area contributed by atoms with Gasteiger partial charge in [0.05, 0.1) is 11.7 Å². The van der Waals surface area contributed by atoms with Gasteiger partial charge in [0.2, 0.25) is 0 Å². The lowest BCUT2D eigenvalue weighted by atomic mass is 9.72. The van der Waals surface area contributed by atoms with E-state index in [0.29, 0.717) is 5.56 Å². The van der Waals surface area contributed by atoms with Crippen molar-refractivity contribution in [2.24, 2.45) is 5.41 Å². The molecule has 3 heterocycles. The van der Waals surface area contributed by atoms with Crippen LogP contribution in [0.25, 0.3) is 10.9 Å². The molecule has 4 rings (SSSR count). The summed E-state index contributed by atoms with van der Waals surface area (Å²) < 4.78 is 5.45. The van der Waals surface area contributed by atoms with Gasteiger partial charge in [0, 0.05) is 42.5 Å². The quantitative estimate of drug-likeness (QED) is 0.818. The average molecular weight is 384 g/mol. The molecule has 0 aliphatic carbocycles. The van der Waals surface area contributed by atoms with Gasteiger partial charge < -0.3 is 14.5 Å². The van der Waals surface area contributed by atoms with Gasteiger partial charge in [-0.1, -0.05) is 0 Å². The van der Waals surface area contributed by atoms with Gasteiger partial charge in [0.25, 0.3) is 5.91 Å². The summed E-state index contributed by atoms with van der Waals surface area (Å²) in [5.41, 5.74) is 2.39. The van der Waals surface area contributed by atoms with Gasteiger partial charge in [-0.3, -0.25) is 9.89 Å². The molecule has 2 amide bonds. The molecular formula is C21H28N4O3. The van der Waals surface area contributed by atoms with Crippen molar-refractivity contribution in [1.82, 2.24) is 20.0 Å². The molecule has 0 unspecified atom stereocenters. The summed E-state index contributed by atoms with van der Waals surface area (Å²) in [5.74, 6) is 0.0735. The maximum atomic E-state index is 13.0. The first-order chi connectivity index (χ1) is 13.2. The number of aryl methyl sites for hydroxylation is 1. The van der Waals surface area contributed by atoms with Gasteiger partial charge in [0.15, 0.2) is 0 Å². The van der Waals surface area contributed by atoms with E-state index in [1.807, 2.05) is 44.7 Å². The van der Waals surface area contributed by atoms with Gasteiger partial charge in [-0.05, 0) is 58.2 Å². The summed E-state index contributed by atoms with van der Waals surface area (Å²) in [7, 11) is 0. The molecular weight excluding hydrogens is 356 g/mol. The number of rotatable bonds is 1. The summed E-state index contributed by atoms with van der Waals surface area (Å²) >= 11 is 0. The van der Waals surface area contributed by atoms with Crippen LogP contribution in [0.15, 0.2) is 18.3 Å². The standard InChI is InChI=1S/C21H28N4O3/c1-14-9-15(10-16-11-22-23-17(14)16)18(26)24-7-5-21(6-8-24)12-25(13-21)19(27)28-20(2,3)4/h9-11H,5-8,12-13H2,1-4H3,(H,22,23). The minimum Gasteiger partial charge on any atom is -0.444 e. The van der Waals surface area contributed by atoms with Gasteiger partial charge in [0.1, 0.15) is 5.60 Å². The van der Waals surface area contributed by atoms with E-state index in [2.05, 4.69) is 10.2 Å². The van der Waals surface area contributed by atoms with Crippen molar-refractivity contribution < 1.29 is 14.3 Å². The number of H-pyrrole nitrogens is 1. The number of hydrogen-bond donors (Lipinski definition) is 1. The fraction of sp³-hybridized carbons (Fsp3) is 0.571. The summed E-state index contributed by atoms with van der Waals surface area (Å²) in [4.78, 5) is 28.9. The molecule has 2 fully saturated rings. The number of nitrogens with one attached hydrogen (secondary N) is 1. The fourth-order valence-electron chi connectivity index (χ4n) is 4.26. The Labute approximate surface area is 165 Å². The molecule has 2 saturated heterocycles. The summed E-state index contributed by atoms with van der Waals surface area (Å²) in [6.45, 7) is 10.5. The van der Waals surface area contributed by atoms with Crippen molar-refractivity contribution >= 4 is 22.9 Å². The number of aromatic amines is 1. The molecule has 1 spiro atoms. The second kappa shape index (κ2) is 6.50. The first-order valence-corrected chi connectivity index (χ1v) is 9.87. The highest BCUT2D eigenvalue weighted by Gasteiger charge is 2.48. The Morgan fingerprint density at radius 1 is 1.14 bits per heavy atom. The predicted molar refractivity (Wildman–Crippen MR) is 106 cm³/mol. The zero-order valence-electron chi connectivity index (χ0n) is 17.0. The van der Waals surface area contributed by atoms with E-state index >= 15 is 0 Å². The van der Waals surface area contributed by atoms with Gasteiger partial charge in [-0.25, -0.2) is 4.79 Å². The lowest BCUT2D eigenvalue weighted by Crippen LogP contribution is -2.62. The minimum atomic E-state index is -0.468. The van der Waals surface area contributed by atoms with Crippen molar-refractivity contribution in [2.45, 2.75) is 46.1 Å². The molecule has 0 radical (unpaired) electrons. The smallest absolute Gasteiger partial charge is 0.410 e. The topological polar surface area (TPSA) is 78.5 Å². The first kappa shape index (κ1) is 18.8. The Morgan fingerprint density at radius 2 is 1.82 bits per heavy atom. The number of carbonyl (C=O) groups excluding carboxylic acids is 2. The van der Waals surface area contributed by atoms with E-state index < -0.39 is 5.60 Å². The van der Waals surface area contributed by atoms with Gasteiger partial charge >= 0.3 is 6.09 Å². The zero-order chi connectivity index (χ0) is 20.1. The Balaban J connectivity index is 1.35. The van der Waals surface area contributed by atoms with E-state index in [4.69, 9.17) is 4.74 Å². The van der Waals surface area contributed by atoms with Gasteiger partial charge in [-0.2, -0.15) is 5.10 Å². The van der Waals surface area contributed by atoms with Gasteiger partial charge in [-0.15, -0.1) is 0 Å².